The molecule has 1 atom stereocenters. The maximum atomic E-state index is 13.3. The van der Waals surface area contributed by atoms with E-state index in [0.717, 1.165) is 0 Å². The number of benzene rings is 1. The molecule has 0 aliphatic carbocycles. The molecule has 0 bridgehead atoms. The molecule has 0 radical (unpaired) electrons. The number of amides is 1. The summed E-state index contributed by atoms with van der Waals surface area (Å²) in [7, 11) is 0. The predicted molar refractivity (Wildman–Crippen MR) is 66.3 cm³/mol. The maximum absolute atomic E-state index is 13.3. The predicted octanol–water partition coefficient (Wildman–Crippen LogP) is 2.98. The third-order valence-electron chi connectivity index (χ3n) is 2.30. The largest absolute Gasteiger partial charge is 0.351 e. The summed E-state index contributed by atoms with van der Waals surface area (Å²) in [5.41, 5.74) is 0.0888. The molecule has 1 aromatic rings. The second-order valence-corrected chi connectivity index (χ2v) is 5.13. The minimum Gasteiger partial charge on any atom is -0.351 e. The van der Waals surface area contributed by atoms with Gasteiger partial charge in [-0.1, -0.05) is 41.9 Å². The molecule has 1 rings (SSSR count). The highest BCUT2D eigenvalue weighted by Crippen LogP contribution is 2.11. The lowest BCUT2D eigenvalue weighted by atomic mass is 10.1. The van der Waals surface area contributed by atoms with E-state index in [1.165, 1.54) is 12.1 Å². The average molecular weight is 288 g/mol. The van der Waals surface area contributed by atoms with Gasteiger partial charge in [-0.15, -0.1) is 0 Å². The normalized spacial score (nSPS) is 12.6. The molecule has 16 heavy (non-hydrogen) atoms. The van der Waals surface area contributed by atoms with E-state index in [-0.39, 0.29) is 16.3 Å². The Morgan fingerprint density at radius 3 is 2.62 bits per heavy atom. The van der Waals surface area contributed by atoms with Gasteiger partial charge in [0.05, 0.1) is 5.56 Å². The standard InChI is InChI=1S/C12H15BrFNO/c1-8(2)10(13)7-15-12(16)9-5-3-4-6-11(9)14/h3-6,8,10H,7H2,1-2H3,(H,15,16). The van der Waals surface area contributed by atoms with Crippen molar-refractivity contribution in [1.29, 1.82) is 0 Å². The molecular formula is C12H15BrFNO. The third kappa shape index (κ3) is 3.59. The van der Waals surface area contributed by atoms with Crippen LogP contribution < -0.4 is 5.32 Å². The molecular weight excluding hydrogens is 273 g/mol. The summed E-state index contributed by atoms with van der Waals surface area (Å²) in [5.74, 6) is -0.445. The first-order valence-corrected chi connectivity index (χ1v) is 6.10. The summed E-state index contributed by atoms with van der Waals surface area (Å²) < 4.78 is 13.3. The van der Waals surface area contributed by atoms with Crippen molar-refractivity contribution in [2.45, 2.75) is 18.7 Å². The zero-order valence-electron chi connectivity index (χ0n) is 9.34. The molecule has 88 valence electrons. The fourth-order valence-electron chi connectivity index (χ4n) is 1.17. The number of rotatable bonds is 4. The summed E-state index contributed by atoms with van der Waals surface area (Å²) >= 11 is 3.45. The van der Waals surface area contributed by atoms with Crippen molar-refractivity contribution in [1.82, 2.24) is 5.32 Å². The molecule has 1 amide bonds. The summed E-state index contributed by atoms with van der Waals surface area (Å²) in [4.78, 5) is 11.8. The van der Waals surface area contributed by atoms with Gasteiger partial charge >= 0.3 is 0 Å². The Hall–Kier alpha value is -0.900. The van der Waals surface area contributed by atoms with Gasteiger partial charge in [-0.2, -0.15) is 0 Å². The first-order chi connectivity index (χ1) is 7.52. The highest BCUT2D eigenvalue weighted by molar-refractivity contribution is 9.09. The number of alkyl halides is 1. The molecule has 0 aromatic heterocycles. The van der Waals surface area contributed by atoms with Gasteiger partial charge in [-0.3, -0.25) is 4.79 Å². The van der Waals surface area contributed by atoms with Gasteiger partial charge in [0.2, 0.25) is 0 Å². The van der Waals surface area contributed by atoms with E-state index in [1.807, 2.05) is 0 Å². The summed E-state index contributed by atoms with van der Waals surface area (Å²) in [6.45, 7) is 4.59. The van der Waals surface area contributed by atoms with Crippen molar-refractivity contribution >= 4 is 21.8 Å². The SMILES string of the molecule is CC(C)C(Br)CNC(=O)c1ccccc1F. The van der Waals surface area contributed by atoms with Crippen LogP contribution in [0, 0.1) is 11.7 Å². The molecule has 0 saturated heterocycles. The average Bonchev–Trinajstić information content (AvgIpc) is 2.25. The Kier molecular flexibility index (Phi) is 4.93. The van der Waals surface area contributed by atoms with Crippen molar-refractivity contribution in [3.8, 4) is 0 Å². The molecule has 0 aliphatic rings. The van der Waals surface area contributed by atoms with Crippen molar-refractivity contribution in [2.24, 2.45) is 5.92 Å². The molecule has 0 heterocycles. The molecule has 0 fully saturated rings. The van der Waals surface area contributed by atoms with Crippen LogP contribution in [0.4, 0.5) is 4.39 Å². The highest BCUT2D eigenvalue weighted by atomic mass is 79.9. The summed E-state index contributed by atoms with van der Waals surface area (Å²) in [6.07, 6.45) is 0. The maximum Gasteiger partial charge on any atom is 0.254 e. The van der Waals surface area contributed by atoms with Crippen molar-refractivity contribution in [3.05, 3.63) is 35.6 Å². The van der Waals surface area contributed by atoms with Crippen LogP contribution in [0.5, 0.6) is 0 Å². The smallest absolute Gasteiger partial charge is 0.254 e. The van der Waals surface area contributed by atoms with E-state index in [2.05, 4.69) is 35.1 Å². The number of nitrogens with one attached hydrogen (secondary N) is 1. The van der Waals surface area contributed by atoms with Crippen molar-refractivity contribution in [2.75, 3.05) is 6.54 Å². The molecule has 2 nitrogen and oxygen atoms in total. The molecule has 4 heteroatoms. The van der Waals surface area contributed by atoms with Crippen LogP contribution in [-0.2, 0) is 0 Å². The van der Waals surface area contributed by atoms with Gasteiger partial charge in [0.15, 0.2) is 0 Å². The minimum absolute atomic E-state index is 0.0888. The molecule has 0 spiro atoms. The Morgan fingerprint density at radius 1 is 1.44 bits per heavy atom. The Bertz CT molecular complexity index is 368. The first kappa shape index (κ1) is 13.2. The third-order valence-corrected chi connectivity index (χ3v) is 3.68. The van der Waals surface area contributed by atoms with Crippen LogP contribution in [0.15, 0.2) is 24.3 Å². The highest BCUT2D eigenvalue weighted by Gasteiger charge is 2.13. The van der Waals surface area contributed by atoms with Crippen LogP contribution >= 0.6 is 15.9 Å². The van der Waals surface area contributed by atoms with Crippen LogP contribution in [0.2, 0.25) is 0 Å². The number of carbonyl (C=O) groups is 1. The van der Waals surface area contributed by atoms with E-state index in [1.54, 1.807) is 12.1 Å². The van der Waals surface area contributed by atoms with Crippen LogP contribution in [0.3, 0.4) is 0 Å². The molecule has 1 unspecified atom stereocenters. The van der Waals surface area contributed by atoms with Gasteiger partial charge in [0, 0.05) is 11.4 Å². The number of hydrogen-bond acceptors (Lipinski definition) is 1. The van der Waals surface area contributed by atoms with Crippen LogP contribution in [0.1, 0.15) is 24.2 Å². The second kappa shape index (κ2) is 5.99. The monoisotopic (exact) mass is 287 g/mol. The second-order valence-electron chi connectivity index (χ2n) is 3.95. The lowest BCUT2D eigenvalue weighted by Crippen LogP contribution is -2.32. The van der Waals surface area contributed by atoms with E-state index < -0.39 is 5.82 Å². The number of hydrogen-bond donors (Lipinski definition) is 1. The Labute approximate surface area is 103 Å². The van der Waals surface area contributed by atoms with Gasteiger partial charge in [0.25, 0.3) is 5.91 Å². The zero-order valence-corrected chi connectivity index (χ0v) is 10.9. The zero-order chi connectivity index (χ0) is 12.1. The number of halogens is 2. The van der Waals surface area contributed by atoms with Gasteiger partial charge < -0.3 is 5.32 Å². The van der Waals surface area contributed by atoms with E-state index in [4.69, 9.17) is 0 Å². The summed E-state index contributed by atoms with van der Waals surface area (Å²) in [5, 5.41) is 2.70. The Balaban J connectivity index is 2.57. The summed E-state index contributed by atoms with van der Waals surface area (Å²) in [6, 6.07) is 5.96. The molecule has 1 N–H and O–H groups in total. The molecule has 0 aliphatic heterocycles. The van der Waals surface area contributed by atoms with Crippen LogP contribution in [0.25, 0.3) is 0 Å². The van der Waals surface area contributed by atoms with Crippen molar-refractivity contribution in [3.63, 3.8) is 0 Å². The molecule has 1 aromatic carbocycles. The van der Waals surface area contributed by atoms with E-state index >= 15 is 0 Å². The van der Waals surface area contributed by atoms with Gasteiger partial charge in [0.1, 0.15) is 5.82 Å². The van der Waals surface area contributed by atoms with Crippen LogP contribution in [-0.4, -0.2) is 17.3 Å². The quantitative estimate of drug-likeness (QED) is 0.848. The van der Waals surface area contributed by atoms with E-state index in [9.17, 15) is 9.18 Å². The van der Waals surface area contributed by atoms with E-state index in [0.29, 0.717) is 12.5 Å². The lowest BCUT2D eigenvalue weighted by Gasteiger charge is -2.14. The first-order valence-electron chi connectivity index (χ1n) is 5.19. The number of carbonyl (C=O) groups excluding carboxylic acids is 1. The lowest BCUT2D eigenvalue weighted by molar-refractivity contribution is 0.0949. The molecule has 0 saturated carbocycles. The fourth-order valence-corrected chi connectivity index (χ4v) is 1.33. The topological polar surface area (TPSA) is 29.1 Å². The Morgan fingerprint density at radius 2 is 2.06 bits per heavy atom. The van der Waals surface area contributed by atoms with Gasteiger partial charge in [-0.25, -0.2) is 4.39 Å². The van der Waals surface area contributed by atoms with Crippen molar-refractivity contribution < 1.29 is 9.18 Å². The minimum atomic E-state index is -0.490. The van der Waals surface area contributed by atoms with Gasteiger partial charge in [-0.05, 0) is 18.1 Å². The fraction of sp³-hybridized carbons (Fsp3) is 0.417.